The molecular formula is C12H13NO2. The summed E-state index contributed by atoms with van der Waals surface area (Å²) in [5.41, 5.74) is 2.03. The van der Waals surface area contributed by atoms with Gasteiger partial charge in [0.2, 0.25) is 0 Å². The quantitative estimate of drug-likeness (QED) is 0.706. The van der Waals surface area contributed by atoms with Crippen LogP contribution in [-0.4, -0.2) is 18.9 Å². The minimum Gasteiger partial charge on any atom is -0.497 e. The predicted octanol–water partition coefficient (Wildman–Crippen LogP) is 2.37. The Morgan fingerprint density at radius 1 is 1.47 bits per heavy atom. The highest BCUT2D eigenvalue weighted by molar-refractivity contribution is 6.01. The molecule has 0 aliphatic carbocycles. The molecule has 2 rings (SSSR count). The van der Waals surface area contributed by atoms with Crippen molar-refractivity contribution in [3.8, 4) is 5.75 Å². The molecule has 1 aliphatic rings. The van der Waals surface area contributed by atoms with E-state index in [1.54, 1.807) is 13.2 Å². The third-order valence-electron chi connectivity index (χ3n) is 2.38. The summed E-state index contributed by atoms with van der Waals surface area (Å²) >= 11 is 0. The van der Waals surface area contributed by atoms with E-state index in [0.717, 1.165) is 23.4 Å². The molecule has 78 valence electrons. The molecule has 1 aliphatic heterocycles. The molecule has 3 heteroatoms. The first kappa shape index (κ1) is 9.77. The third kappa shape index (κ3) is 2.01. The first-order chi connectivity index (χ1) is 7.33. The summed E-state index contributed by atoms with van der Waals surface area (Å²) in [5, 5.41) is 4.02. The molecule has 1 atom stereocenters. The zero-order valence-electron chi connectivity index (χ0n) is 8.64. The lowest BCUT2D eigenvalue weighted by Gasteiger charge is -2.01. The molecule has 1 aromatic rings. The summed E-state index contributed by atoms with van der Waals surface area (Å²) < 4.78 is 5.09. The van der Waals surface area contributed by atoms with Crippen LogP contribution in [0.5, 0.6) is 5.75 Å². The number of rotatable bonds is 3. The van der Waals surface area contributed by atoms with E-state index in [4.69, 9.17) is 9.57 Å². The third-order valence-corrected chi connectivity index (χ3v) is 2.38. The topological polar surface area (TPSA) is 30.8 Å². The van der Waals surface area contributed by atoms with Crippen LogP contribution in [0, 0.1) is 0 Å². The predicted molar refractivity (Wildman–Crippen MR) is 59.2 cm³/mol. The standard InChI is InChI=1S/C12H13NO2/c1-3-10-8-12(13-15-10)9-4-6-11(14-2)7-5-9/h3-7,10H,1,8H2,2H3/t10-/m0/s1. The second kappa shape index (κ2) is 4.17. The van der Waals surface area contributed by atoms with Gasteiger partial charge in [-0.15, -0.1) is 0 Å². The van der Waals surface area contributed by atoms with Gasteiger partial charge in [-0.1, -0.05) is 11.7 Å². The van der Waals surface area contributed by atoms with Gasteiger partial charge in [0.25, 0.3) is 0 Å². The van der Waals surface area contributed by atoms with Crippen LogP contribution in [0.2, 0.25) is 0 Å². The van der Waals surface area contributed by atoms with Crippen molar-refractivity contribution in [3.05, 3.63) is 42.5 Å². The van der Waals surface area contributed by atoms with Crippen molar-refractivity contribution >= 4 is 5.71 Å². The van der Waals surface area contributed by atoms with Crippen LogP contribution < -0.4 is 4.74 Å². The lowest BCUT2D eigenvalue weighted by atomic mass is 10.1. The Hall–Kier alpha value is -1.77. The number of hydrogen-bond acceptors (Lipinski definition) is 3. The molecule has 0 saturated carbocycles. The molecule has 1 aromatic carbocycles. The Morgan fingerprint density at radius 2 is 2.20 bits per heavy atom. The van der Waals surface area contributed by atoms with Crippen LogP contribution >= 0.6 is 0 Å². The van der Waals surface area contributed by atoms with Gasteiger partial charge in [-0.25, -0.2) is 0 Å². The molecule has 0 N–H and O–H groups in total. The number of hydrogen-bond donors (Lipinski definition) is 0. The van der Waals surface area contributed by atoms with Gasteiger partial charge in [0.1, 0.15) is 5.75 Å². The van der Waals surface area contributed by atoms with E-state index in [0.29, 0.717) is 0 Å². The maximum atomic E-state index is 5.16. The molecule has 0 aromatic heterocycles. The normalized spacial score (nSPS) is 19.3. The minimum atomic E-state index is 0.0158. The van der Waals surface area contributed by atoms with Crippen LogP contribution in [0.3, 0.4) is 0 Å². The van der Waals surface area contributed by atoms with Crippen molar-refractivity contribution in [3.63, 3.8) is 0 Å². The fraction of sp³-hybridized carbons (Fsp3) is 0.250. The van der Waals surface area contributed by atoms with Crippen LogP contribution in [-0.2, 0) is 4.84 Å². The summed E-state index contributed by atoms with van der Waals surface area (Å²) in [5.74, 6) is 0.846. The van der Waals surface area contributed by atoms with Crippen molar-refractivity contribution in [1.29, 1.82) is 0 Å². The van der Waals surface area contributed by atoms with Crippen molar-refractivity contribution in [1.82, 2.24) is 0 Å². The average Bonchev–Trinajstić information content (AvgIpc) is 2.78. The Morgan fingerprint density at radius 3 is 2.73 bits per heavy atom. The molecule has 0 bridgehead atoms. The second-order valence-corrected chi connectivity index (χ2v) is 3.35. The SMILES string of the molecule is C=C[C@H]1CC(c2ccc(OC)cc2)=NO1. The first-order valence-corrected chi connectivity index (χ1v) is 4.83. The van der Waals surface area contributed by atoms with Gasteiger partial charge < -0.3 is 9.57 Å². The number of benzene rings is 1. The first-order valence-electron chi connectivity index (χ1n) is 4.83. The van der Waals surface area contributed by atoms with Crippen molar-refractivity contribution in [2.75, 3.05) is 7.11 Å². The van der Waals surface area contributed by atoms with Gasteiger partial charge in [-0.2, -0.15) is 0 Å². The summed E-state index contributed by atoms with van der Waals surface area (Å²) in [7, 11) is 1.65. The summed E-state index contributed by atoms with van der Waals surface area (Å²) in [6.45, 7) is 3.68. The van der Waals surface area contributed by atoms with E-state index in [2.05, 4.69) is 11.7 Å². The summed E-state index contributed by atoms with van der Waals surface area (Å²) in [4.78, 5) is 5.16. The Kier molecular flexibility index (Phi) is 2.72. The molecule has 0 fully saturated rings. The van der Waals surface area contributed by atoms with E-state index < -0.39 is 0 Å². The van der Waals surface area contributed by atoms with Crippen LogP contribution in [0.1, 0.15) is 12.0 Å². The van der Waals surface area contributed by atoms with Crippen molar-refractivity contribution < 1.29 is 9.57 Å². The Balaban J connectivity index is 2.14. The van der Waals surface area contributed by atoms with Crippen LogP contribution in [0.15, 0.2) is 42.1 Å². The highest BCUT2D eigenvalue weighted by Gasteiger charge is 2.18. The highest BCUT2D eigenvalue weighted by atomic mass is 16.6. The average molecular weight is 203 g/mol. The number of nitrogens with zero attached hydrogens (tertiary/aromatic N) is 1. The molecule has 0 unspecified atom stereocenters. The Bertz CT molecular complexity index is 381. The number of methoxy groups -OCH3 is 1. The van der Waals surface area contributed by atoms with E-state index in [9.17, 15) is 0 Å². The zero-order valence-corrected chi connectivity index (χ0v) is 8.64. The van der Waals surface area contributed by atoms with Gasteiger partial charge in [0.05, 0.1) is 12.8 Å². The van der Waals surface area contributed by atoms with E-state index in [1.807, 2.05) is 24.3 Å². The largest absolute Gasteiger partial charge is 0.497 e. The molecule has 3 nitrogen and oxygen atoms in total. The molecule has 0 spiro atoms. The van der Waals surface area contributed by atoms with Gasteiger partial charge >= 0.3 is 0 Å². The molecule has 0 saturated heterocycles. The van der Waals surface area contributed by atoms with E-state index >= 15 is 0 Å². The zero-order chi connectivity index (χ0) is 10.7. The molecule has 0 amide bonds. The van der Waals surface area contributed by atoms with E-state index in [1.165, 1.54) is 0 Å². The maximum Gasteiger partial charge on any atom is 0.151 e. The molecule has 1 heterocycles. The highest BCUT2D eigenvalue weighted by Crippen LogP contribution is 2.19. The van der Waals surface area contributed by atoms with Crippen LogP contribution in [0.25, 0.3) is 0 Å². The van der Waals surface area contributed by atoms with Crippen LogP contribution in [0.4, 0.5) is 0 Å². The lowest BCUT2D eigenvalue weighted by molar-refractivity contribution is 0.120. The summed E-state index contributed by atoms with van der Waals surface area (Å²) in [6, 6.07) is 7.79. The van der Waals surface area contributed by atoms with Gasteiger partial charge in [-0.3, -0.25) is 0 Å². The minimum absolute atomic E-state index is 0.0158. The van der Waals surface area contributed by atoms with Gasteiger partial charge in [0.15, 0.2) is 6.10 Å². The van der Waals surface area contributed by atoms with Crippen molar-refractivity contribution in [2.24, 2.45) is 5.16 Å². The fourth-order valence-corrected chi connectivity index (χ4v) is 1.48. The monoisotopic (exact) mass is 203 g/mol. The smallest absolute Gasteiger partial charge is 0.151 e. The van der Waals surface area contributed by atoms with Gasteiger partial charge in [-0.05, 0) is 35.9 Å². The van der Waals surface area contributed by atoms with Gasteiger partial charge in [0, 0.05) is 6.42 Å². The summed E-state index contributed by atoms with van der Waals surface area (Å²) in [6.07, 6.45) is 2.57. The molecule has 0 radical (unpaired) electrons. The Labute approximate surface area is 89.0 Å². The van der Waals surface area contributed by atoms with E-state index in [-0.39, 0.29) is 6.10 Å². The lowest BCUT2D eigenvalue weighted by Crippen LogP contribution is -2.04. The molecular weight excluding hydrogens is 190 g/mol. The number of ether oxygens (including phenoxy) is 1. The second-order valence-electron chi connectivity index (χ2n) is 3.35. The van der Waals surface area contributed by atoms with Crippen molar-refractivity contribution in [2.45, 2.75) is 12.5 Å². The fourth-order valence-electron chi connectivity index (χ4n) is 1.48. The maximum absolute atomic E-state index is 5.16. The number of oxime groups is 1. The molecule has 15 heavy (non-hydrogen) atoms.